The molecule has 1 N–H and O–H groups in total. The molecule has 0 spiro atoms. The maximum absolute atomic E-state index is 5.36. The van der Waals surface area contributed by atoms with Gasteiger partial charge in [0.25, 0.3) is 0 Å². The maximum atomic E-state index is 5.36. The molecule has 0 radical (unpaired) electrons. The molecule has 13 heavy (non-hydrogen) atoms. The van der Waals surface area contributed by atoms with Crippen LogP contribution in [0.15, 0.2) is 6.33 Å². The number of nitrogens with one attached hydrogen (secondary N) is 1. The monoisotopic (exact) mass is 219 g/mol. The van der Waals surface area contributed by atoms with E-state index in [1.165, 1.54) is 6.33 Å². The SMILES string of the molecule is COP(SC(C)(C)C)c1ncn[nH]1. The second kappa shape index (κ2) is 4.40. The van der Waals surface area contributed by atoms with Crippen LogP contribution in [-0.2, 0) is 4.52 Å². The molecule has 1 heterocycles. The third-order valence-corrected chi connectivity index (χ3v) is 5.81. The standard InChI is InChI=1S/C7H14N3OPS/c1-7(2,3)13-12(11-4)6-8-5-9-10-6/h5H,1-4H3,(H,8,9,10). The van der Waals surface area contributed by atoms with Gasteiger partial charge in [0.05, 0.1) is 0 Å². The van der Waals surface area contributed by atoms with Gasteiger partial charge in [-0.1, -0.05) is 32.2 Å². The molecule has 0 saturated heterocycles. The zero-order valence-corrected chi connectivity index (χ0v) is 9.95. The largest absolute Gasteiger partial charge is 0.345 e. The summed E-state index contributed by atoms with van der Waals surface area (Å²) in [4.78, 5) is 4.09. The summed E-state index contributed by atoms with van der Waals surface area (Å²) in [6, 6.07) is 0. The van der Waals surface area contributed by atoms with Gasteiger partial charge in [0.2, 0.25) is 0 Å². The third kappa shape index (κ3) is 3.63. The summed E-state index contributed by atoms with van der Waals surface area (Å²) in [5.41, 5.74) is 0.831. The fourth-order valence-corrected chi connectivity index (χ4v) is 4.06. The van der Waals surface area contributed by atoms with Gasteiger partial charge in [-0.3, -0.25) is 5.10 Å². The number of rotatable bonds is 3. The highest BCUT2D eigenvalue weighted by molar-refractivity contribution is 8.56. The summed E-state index contributed by atoms with van der Waals surface area (Å²) in [7, 11) is 0.984. The van der Waals surface area contributed by atoms with Crippen LogP contribution in [0.5, 0.6) is 0 Å². The Hall–Kier alpha value is -0.120. The topological polar surface area (TPSA) is 50.8 Å². The lowest BCUT2D eigenvalue weighted by Crippen LogP contribution is -2.12. The van der Waals surface area contributed by atoms with Crippen molar-refractivity contribution in [2.75, 3.05) is 7.11 Å². The molecular formula is C7H14N3OPS. The lowest BCUT2D eigenvalue weighted by molar-refractivity contribution is 0.476. The van der Waals surface area contributed by atoms with Gasteiger partial charge in [0.1, 0.15) is 6.33 Å². The van der Waals surface area contributed by atoms with E-state index < -0.39 is 7.35 Å². The minimum atomic E-state index is -0.717. The molecule has 1 rings (SSSR count). The van der Waals surface area contributed by atoms with Gasteiger partial charge in [-0.25, -0.2) is 4.98 Å². The van der Waals surface area contributed by atoms with Gasteiger partial charge in [-0.2, -0.15) is 5.10 Å². The number of aromatic nitrogens is 3. The van der Waals surface area contributed by atoms with Crippen LogP contribution in [0.2, 0.25) is 0 Å². The first-order chi connectivity index (χ1) is 6.03. The van der Waals surface area contributed by atoms with E-state index in [1.54, 1.807) is 18.5 Å². The molecule has 6 heteroatoms. The first-order valence-corrected chi connectivity index (χ1v) is 6.60. The molecule has 1 unspecified atom stereocenters. The van der Waals surface area contributed by atoms with Crippen molar-refractivity contribution in [1.29, 1.82) is 0 Å². The van der Waals surface area contributed by atoms with E-state index in [-0.39, 0.29) is 4.75 Å². The lowest BCUT2D eigenvalue weighted by Gasteiger charge is -2.21. The molecular weight excluding hydrogens is 205 g/mol. The first-order valence-electron chi connectivity index (χ1n) is 3.91. The first kappa shape index (κ1) is 11.0. The summed E-state index contributed by atoms with van der Waals surface area (Å²) >= 11 is 1.77. The Morgan fingerprint density at radius 2 is 2.23 bits per heavy atom. The van der Waals surface area contributed by atoms with Crippen molar-refractivity contribution in [3.63, 3.8) is 0 Å². The smallest absolute Gasteiger partial charge is 0.185 e. The second-order valence-electron chi connectivity index (χ2n) is 3.45. The van der Waals surface area contributed by atoms with Crippen LogP contribution in [0.3, 0.4) is 0 Å². The third-order valence-electron chi connectivity index (χ3n) is 1.10. The van der Waals surface area contributed by atoms with Crippen LogP contribution < -0.4 is 5.57 Å². The van der Waals surface area contributed by atoms with Crippen LogP contribution in [0.4, 0.5) is 0 Å². The van der Waals surface area contributed by atoms with Gasteiger partial charge in [0.15, 0.2) is 12.9 Å². The number of H-pyrrole nitrogens is 1. The molecule has 74 valence electrons. The fourth-order valence-electron chi connectivity index (χ4n) is 0.703. The van der Waals surface area contributed by atoms with Crippen molar-refractivity contribution in [3.8, 4) is 0 Å². The Kier molecular flexibility index (Phi) is 3.71. The zero-order chi connectivity index (χ0) is 9.90. The number of nitrogens with zero attached hydrogens (tertiary/aromatic N) is 2. The molecule has 0 amide bonds. The summed E-state index contributed by atoms with van der Waals surface area (Å²) in [5, 5.41) is 6.64. The summed E-state index contributed by atoms with van der Waals surface area (Å²) < 4.78 is 5.54. The molecule has 4 nitrogen and oxygen atoms in total. The predicted molar refractivity (Wildman–Crippen MR) is 57.3 cm³/mol. The summed E-state index contributed by atoms with van der Waals surface area (Å²) in [6.07, 6.45) is 1.51. The molecule has 1 aromatic heterocycles. The van der Waals surface area contributed by atoms with Crippen LogP contribution in [0.1, 0.15) is 20.8 Å². The number of hydrogen-bond acceptors (Lipinski definition) is 4. The Morgan fingerprint density at radius 3 is 2.62 bits per heavy atom. The van der Waals surface area contributed by atoms with Crippen LogP contribution in [-0.4, -0.2) is 27.0 Å². The Bertz CT molecular complexity index is 247. The van der Waals surface area contributed by atoms with Gasteiger partial charge < -0.3 is 4.52 Å². The highest BCUT2D eigenvalue weighted by Crippen LogP contribution is 2.54. The van der Waals surface area contributed by atoms with E-state index in [2.05, 4.69) is 36.0 Å². The quantitative estimate of drug-likeness (QED) is 0.789. The molecule has 0 aliphatic carbocycles. The zero-order valence-electron chi connectivity index (χ0n) is 8.24. The Morgan fingerprint density at radius 1 is 1.54 bits per heavy atom. The predicted octanol–water partition coefficient (Wildman–Crippen LogP) is 1.92. The van der Waals surface area contributed by atoms with Crippen LogP contribution in [0, 0.1) is 0 Å². The highest BCUT2D eigenvalue weighted by Gasteiger charge is 2.23. The molecule has 0 bridgehead atoms. The number of hydrogen-bond donors (Lipinski definition) is 1. The van der Waals surface area contributed by atoms with Crippen molar-refractivity contribution in [2.45, 2.75) is 25.5 Å². The molecule has 0 saturated carbocycles. The van der Waals surface area contributed by atoms with Crippen molar-refractivity contribution >= 4 is 24.3 Å². The van der Waals surface area contributed by atoms with Crippen LogP contribution >= 0.6 is 18.7 Å². The van der Waals surface area contributed by atoms with E-state index in [0.717, 1.165) is 5.57 Å². The second-order valence-corrected chi connectivity index (χ2v) is 7.71. The average Bonchev–Trinajstić information content (AvgIpc) is 2.50. The van der Waals surface area contributed by atoms with E-state index in [1.807, 2.05) is 0 Å². The molecule has 0 aliphatic rings. The Balaban J connectivity index is 2.64. The normalized spacial score (nSPS) is 14.5. The van der Waals surface area contributed by atoms with E-state index in [0.29, 0.717) is 0 Å². The van der Waals surface area contributed by atoms with Crippen molar-refractivity contribution in [3.05, 3.63) is 6.33 Å². The van der Waals surface area contributed by atoms with Gasteiger partial charge in [-0.15, -0.1) is 0 Å². The van der Waals surface area contributed by atoms with E-state index in [4.69, 9.17) is 4.52 Å². The summed E-state index contributed by atoms with van der Waals surface area (Å²) in [5.74, 6) is 0. The minimum Gasteiger partial charge on any atom is -0.345 e. The molecule has 1 atom stereocenters. The molecule has 0 fully saturated rings. The van der Waals surface area contributed by atoms with Gasteiger partial charge in [0, 0.05) is 11.9 Å². The highest BCUT2D eigenvalue weighted by atomic mass is 32.7. The van der Waals surface area contributed by atoms with Crippen molar-refractivity contribution in [1.82, 2.24) is 15.2 Å². The van der Waals surface area contributed by atoms with E-state index in [9.17, 15) is 0 Å². The van der Waals surface area contributed by atoms with Crippen LogP contribution in [0.25, 0.3) is 0 Å². The maximum Gasteiger partial charge on any atom is 0.185 e. The van der Waals surface area contributed by atoms with Crippen molar-refractivity contribution < 1.29 is 4.52 Å². The minimum absolute atomic E-state index is 0.175. The van der Waals surface area contributed by atoms with Gasteiger partial charge >= 0.3 is 0 Å². The fraction of sp³-hybridized carbons (Fsp3) is 0.714. The lowest BCUT2D eigenvalue weighted by atomic mass is 10.3. The Labute approximate surface area is 83.4 Å². The number of aromatic amines is 1. The molecule has 0 aliphatic heterocycles. The molecule has 1 aromatic rings. The van der Waals surface area contributed by atoms with E-state index >= 15 is 0 Å². The van der Waals surface area contributed by atoms with Gasteiger partial charge in [-0.05, 0) is 0 Å². The molecule has 0 aromatic carbocycles. The summed E-state index contributed by atoms with van der Waals surface area (Å²) in [6.45, 7) is 6.47. The van der Waals surface area contributed by atoms with Crippen molar-refractivity contribution in [2.24, 2.45) is 0 Å². The average molecular weight is 219 g/mol.